The van der Waals surface area contributed by atoms with Crippen LogP contribution >= 0.6 is 0 Å². The molecular formula is C16H19N3O2. The second-order valence-corrected chi connectivity index (χ2v) is 5.66. The molecule has 1 fully saturated rings. The maximum atomic E-state index is 12.7. The van der Waals surface area contributed by atoms with Crippen molar-refractivity contribution in [3.63, 3.8) is 0 Å². The summed E-state index contributed by atoms with van der Waals surface area (Å²) in [6.45, 7) is 3.78. The van der Waals surface area contributed by atoms with Crippen LogP contribution in [0.25, 0.3) is 0 Å². The molecule has 1 atom stereocenters. The molecule has 3 rings (SSSR count). The van der Waals surface area contributed by atoms with Crippen molar-refractivity contribution in [1.82, 2.24) is 10.2 Å². The summed E-state index contributed by atoms with van der Waals surface area (Å²) in [4.78, 5) is 26.1. The average molecular weight is 285 g/mol. The molecule has 0 saturated carbocycles. The van der Waals surface area contributed by atoms with Crippen LogP contribution < -0.4 is 11.1 Å². The van der Waals surface area contributed by atoms with Crippen LogP contribution in [0.2, 0.25) is 0 Å². The summed E-state index contributed by atoms with van der Waals surface area (Å²) in [5.41, 5.74) is 9.55. The van der Waals surface area contributed by atoms with E-state index in [4.69, 9.17) is 5.73 Å². The van der Waals surface area contributed by atoms with Crippen molar-refractivity contribution in [3.05, 3.63) is 46.5 Å². The fourth-order valence-corrected chi connectivity index (χ4v) is 2.87. The van der Waals surface area contributed by atoms with E-state index < -0.39 is 11.9 Å². The Morgan fingerprint density at radius 2 is 1.90 bits per heavy atom. The van der Waals surface area contributed by atoms with Crippen molar-refractivity contribution in [2.75, 3.05) is 13.1 Å². The Morgan fingerprint density at radius 1 is 1.24 bits per heavy atom. The maximum Gasteiger partial charge on any atom is 0.250 e. The van der Waals surface area contributed by atoms with Crippen LogP contribution in [0, 0.1) is 0 Å². The van der Waals surface area contributed by atoms with Gasteiger partial charge in [0.15, 0.2) is 0 Å². The van der Waals surface area contributed by atoms with Gasteiger partial charge in [-0.05, 0) is 23.6 Å². The van der Waals surface area contributed by atoms with E-state index in [9.17, 15) is 9.59 Å². The number of hydrogen-bond acceptors (Lipinski definition) is 3. The molecule has 1 aromatic carbocycles. The third-order valence-corrected chi connectivity index (χ3v) is 4.37. The summed E-state index contributed by atoms with van der Waals surface area (Å²) in [6.07, 6.45) is 0.498. The van der Waals surface area contributed by atoms with Crippen LogP contribution in [0.1, 0.15) is 18.1 Å². The van der Waals surface area contributed by atoms with Crippen molar-refractivity contribution >= 4 is 11.8 Å². The Hall–Kier alpha value is -2.14. The predicted molar refractivity (Wildman–Crippen MR) is 79.2 cm³/mol. The molecule has 2 amide bonds. The number of carbonyl (C=O) groups excluding carboxylic acids is 2. The molecule has 2 aliphatic heterocycles. The lowest BCUT2D eigenvalue weighted by atomic mass is 9.92. The van der Waals surface area contributed by atoms with Gasteiger partial charge in [-0.15, -0.1) is 0 Å². The van der Waals surface area contributed by atoms with Gasteiger partial charge in [0.25, 0.3) is 5.91 Å². The lowest BCUT2D eigenvalue weighted by Gasteiger charge is -2.36. The highest BCUT2D eigenvalue weighted by Crippen LogP contribution is 2.25. The molecule has 0 aromatic heterocycles. The molecule has 5 heteroatoms. The maximum absolute atomic E-state index is 12.7. The topological polar surface area (TPSA) is 75.4 Å². The van der Waals surface area contributed by atoms with Crippen molar-refractivity contribution in [3.8, 4) is 0 Å². The number of nitrogens with zero attached hydrogens (tertiary/aromatic N) is 1. The monoisotopic (exact) mass is 285 g/mol. The van der Waals surface area contributed by atoms with Gasteiger partial charge >= 0.3 is 0 Å². The second-order valence-electron chi connectivity index (χ2n) is 5.66. The van der Waals surface area contributed by atoms with E-state index in [0.717, 1.165) is 35.4 Å². The summed E-state index contributed by atoms with van der Waals surface area (Å²) >= 11 is 0. The molecule has 21 heavy (non-hydrogen) atoms. The van der Waals surface area contributed by atoms with E-state index in [2.05, 4.69) is 5.32 Å². The number of nitrogens with two attached hydrogens (primary N) is 1. The molecule has 5 nitrogen and oxygen atoms in total. The second kappa shape index (κ2) is 5.33. The number of fused-ring (bicyclic) bond motifs is 1. The highest BCUT2D eigenvalue weighted by atomic mass is 16.2. The van der Waals surface area contributed by atoms with Gasteiger partial charge in [0, 0.05) is 31.6 Å². The number of primary amides is 1. The number of hydrogen-bond donors (Lipinski definition) is 2. The predicted octanol–water partition coefficient (Wildman–Crippen LogP) is 0.345. The first-order valence-electron chi connectivity index (χ1n) is 7.14. The summed E-state index contributed by atoms with van der Waals surface area (Å²) in [6, 6.07) is 7.33. The van der Waals surface area contributed by atoms with E-state index in [1.54, 1.807) is 4.90 Å². The van der Waals surface area contributed by atoms with Crippen LogP contribution in [0.5, 0.6) is 0 Å². The summed E-state index contributed by atoms with van der Waals surface area (Å²) in [5, 5.41) is 3.13. The molecule has 110 valence electrons. The Morgan fingerprint density at radius 3 is 2.48 bits per heavy atom. The lowest BCUT2D eigenvalue weighted by Crippen LogP contribution is -2.52. The van der Waals surface area contributed by atoms with Gasteiger partial charge in [0.05, 0.1) is 0 Å². The minimum absolute atomic E-state index is 0.0789. The van der Waals surface area contributed by atoms with E-state index in [-0.39, 0.29) is 5.91 Å². The zero-order chi connectivity index (χ0) is 15.0. The van der Waals surface area contributed by atoms with E-state index in [1.807, 2.05) is 31.2 Å². The first kappa shape index (κ1) is 13.8. The summed E-state index contributed by atoms with van der Waals surface area (Å²) < 4.78 is 0. The van der Waals surface area contributed by atoms with Gasteiger partial charge in [-0.1, -0.05) is 24.3 Å². The number of nitrogens with one attached hydrogen (secondary N) is 1. The molecule has 1 saturated heterocycles. The molecular weight excluding hydrogens is 266 g/mol. The Bertz CT molecular complexity index is 630. The van der Waals surface area contributed by atoms with Gasteiger partial charge in [0.2, 0.25) is 5.91 Å². The molecule has 0 bridgehead atoms. The zero-order valence-corrected chi connectivity index (χ0v) is 12.1. The van der Waals surface area contributed by atoms with Crippen molar-refractivity contribution in [1.29, 1.82) is 0 Å². The lowest BCUT2D eigenvalue weighted by molar-refractivity contribution is -0.137. The highest BCUT2D eigenvalue weighted by molar-refractivity contribution is 5.97. The van der Waals surface area contributed by atoms with Crippen LogP contribution in [-0.2, 0) is 22.6 Å². The van der Waals surface area contributed by atoms with Gasteiger partial charge in [-0.2, -0.15) is 0 Å². The third-order valence-electron chi connectivity index (χ3n) is 4.37. The number of rotatable bonds is 2. The molecule has 3 N–H and O–H groups in total. The Kier molecular flexibility index (Phi) is 3.51. The molecule has 2 aliphatic rings. The molecule has 0 aliphatic carbocycles. The van der Waals surface area contributed by atoms with Gasteiger partial charge in [0.1, 0.15) is 6.04 Å². The SMILES string of the molecule is CC(C(=O)N1Cc2ccccc2C[C@H]1C(N)=O)=C1CNC1. The molecule has 0 spiro atoms. The highest BCUT2D eigenvalue weighted by Gasteiger charge is 2.34. The van der Waals surface area contributed by atoms with Crippen LogP contribution in [0.3, 0.4) is 0 Å². The first-order chi connectivity index (χ1) is 10.1. The number of benzene rings is 1. The van der Waals surface area contributed by atoms with Gasteiger partial charge in [-0.3, -0.25) is 9.59 Å². The normalized spacial score (nSPS) is 20.5. The van der Waals surface area contributed by atoms with Crippen LogP contribution in [-0.4, -0.2) is 35.8 Å². The molecule has 1 aromatic rings. The van der Waals surface area contributed by atoms with Crippen LogP contribution in [0.15, 0.2) is 35.4 Å². The van der Waals surface area contributed by atoms with Crippen LogP contribution in [0.4, 0.5) is 0 Å². The number of amides is 2. The van der Waals surface area contributed by atoms with Gasteiger partial charge in [-0.25, -0.2) is 0 Å². The third kappa shape index (κ3) is 2.45. The van der Waals surface area contributed by atoms with Crippen molar-refractivity contribution in [2.24, 2.45) is 5.73 Å². The molecule has 0 unspecified atom stereocenters. The fourth-order valence-electron chi connectivity index (χ4n) is 2.87. The zero-order valence-electron chi connectivity index (χ0n) is 12.1. The quantitative estimate of drug-likeness (QED) is 0.770. The standard InChI is InChI=1S/C16H19N3O2/c1-10(13-7-18-8-13)16(21)19-9-12-5-3-2-4-11(12)6-14(19)15(17)20/h2-5,14,18H,6-9H2,1H3,(H2,17,20)/t14-/m0/s1. The fraction of sp³-hybridized carbons (Fsp3) is 0.375. The van der Waals surface area contributed by atoms with E-state index in [0.29, 0.717) is 13.0 Å². The first-order valence-corrected chi connectivity index (χ1v) is 7.14. The Balaban J connectivity index is 1.92. The summed E-state index contributed by atoms with van der Waals surface area (Å²) in [5.74, 6) is -0.521. The smallest absolute Gasteiger partial charge is 0.250 e. The van der Waals surface area contributed by atoms with E-state index >= 15 is 0 Å². The average Bonchev–Trinajstić information content (AvgIpc) is 2.43. The summed E-state index contributed by atoms with van der Waals surface area (Å²) in [7, 11) is 0. The molecule has 0 radical (unpaired) electrons. The number of carbonyl (C=O) groups is 2. The largest absolute Gasteiger partial charge is 0.368 e. The van der Waals surface area contributed by atoms with Crippen molar-refractivity contribution < 1.29 is 9.59 Å². The van der Waals surface area contributed by atoms with Gasteiger partial charge < -0.3 is 16.0 Å². The minimum Gasteiger partial charge on any atom is -0.368 e. The van der Waals surface area contributed by atoms with E-state index in [1.165, 1.54) is 0 Å². The Labute approximate surface area is 123 Å². The molecule has 2 heterocycles. The van der Waals surface area contributed by atoms with Crippen molar-refractivity contribution in [2.45, 2.75) is 25.9 Å². The minimum atomic E-state index is -0.559.